The summed E-state index contributed by atoms with van der Waals surface area (Å²) in [7, 11) is 0. The van der Waals surface area contributed by atoms with E-state index >= 15 is 0 Å². The topological polar surface area (TPSA) is 47.1 Å². The van der Waals surface area contributed by atoms with Crippen molar-refractivity contribution in [3.8, 4) is 0 Å². The Morgan fingerprint density at radius 2 is 1.94 bits per heavy atom. The summed E-state index contributed by atoms with van der Waals surface area (Å²) >= 11 is 0. The van der Waals surface area contributed by atoms with Gasteiger partial charge in [0.15, 0.2) is 5.82 Å². The maximum atomic E-state index is 12.5. The molecule has 0 aromatic carbocycles. The van der Waals surface area contributed by atoms with E-state index in [9.17, 15) is 13.2 Å². The molecular formula is C11H19F3N4. The first-order chi connectivity index (χ1) is 8.17. The summed E-state index contributed by atoms with van der Waals surface area (Å²) in [4.78, 5) is 1.20. The van der Waals surface area contributed by atoms with Crippen LogP contribution in [0.15, 0.2) is 0 Å². The van der Waals surface area contributed by atoms with Crippen LogP contribution < -0.4 is 10.6 Å². The quantitative estimate of drug-likeness (QED) is 0.909. The first kappa shape index (κ1) is 14.7. The Kier molecular flexibility index (Phi) is 4.13. The van der Waals surface area contributed by atoms with Gasteiger partial charge in [-0.05, 0) is 27.7 Å². The number of alkyl halides is 3. The minimum absolute atomic E-state index is 0.0433. The van der Waals surface area contributed by atoms with Crippen LogP contribution in [0.5, 0.6) is 0 Å². The summed E-state index contributed by atoms with van der Waals surface area (Å²) in [5.41, 5.74) is 6.71. The van der Waals surface area contributed by atoms with Crippen LogP contribution in [0.2, 0.25) is 0 Å². The third-order valence-corrected chi connectivity index (χ3v) is 2.65. The van der Waals surface area contributed by atoms with Crippen molar-refractivity contribution in [2.45, 2.75) is 39.9 Å². The number of hydrogen-bond donors (Lipinski definition) is 1. The van der Waals surface area contributed by atoms with Crippen molar-refractivity contribution >= 4 is 11.5 Å². The zero-order valence-corrected chi connectivity index (χ0v) is 11.0. The molecule has 0 radical (unpaired) electrons. The van der Waals surface area contributed by atoms with Crippen molar-refractivity contribution in [2.24, 2.45) is 0 Å². The van der Waals surface area contributed by atoms with Crippen LogP contribution in [-0.4, -0.2) is 29.0 Å². The molecule has 2 N–H and O–H groups in total. The minimum atomic E-state index is -4.26. The van der Waals surface area contributed by atoms with E-state index in [1.165, 1.54) is 4.90 Å². The Hall–Kier alpha value is -1.40. The predicted molar refractivity (Wildman–Crippen MR) is 65.7 cm³/mol. The fraction of sp³-hybridized carbons (Fsp3) is 0.727. The molecule has 7 heteroatoms. The van der Waals surface area contributed by atoms with E-state index in [0.29, 0.717) is 17.2 Å². The van der Waals surface area contributed by atoms with Gasteiger partial charge in [0.05, 0.1) is 11.4 Å². The van der Waals surface area contributed by atoms with E-state index in [1.807, 2.05) is 13.8 Å². The van der Waals surface area contributed by atoms with Crippen LogP contribution in [0.4, 0.5) is 24.7 Å². The second-order valence-corrected chi connectivity index (χ2v) is 4.49. The van der Waals surface area contributed by atoms with Crippen LogP contribution in [0.1, 0.15) is 32.5 Å². The van der Waals surface area contributed by atoms with Crippen molar-refractivity contribution in [1.29, 1.82) is 0 Å². The highest BCUT2D eigenvalue weighted by atomic mass is 19.4. The first-order valence-corrected chi connectivity index (χ1v) is 5.83. The van der Waals surface area contributed by atoms with Gasteiger partial charge in [-0.2, -0.15) is 18.3 Å². The summed E-state index contributed by atoms with van der Waals surface area (Å²) in [6.07, 6.45) is -4.26. The smallest absolute Gasteiger partial charge is 0.394 e. The average Bonchev–Trinajstić information content (AvgIpc) is 2.51. The zero-order chi connectivity index (χ0) is 14.1. The van der Waals surface area contributed by atoms with Crippen molar-refractivity contribution in [2.75, 3.05) is 23.7 Å². The lowest BCUT2D eigenvalue weighted by Gasteiger charge is -2.26. The molecule has 0 unspecified atom stereocenters. The molecule has 0 atom stereocenters. The Bertz CT molecular complexity index is 409. The van der Waals surface area contributed by atoms with E-state index < -0.39 is 12.7 Å². The van der Waals surface area contributed by atoms with Gasteiger partial charge < -0.3 is 10.6 Å². The maximum absolute atomic E-state index is 12.5. The second kappa shape index (κ2) is 5.07. The van der Waals surface area contributed by atoms with E-state index in [1.54, 1.807) is 18.5 Å². The molecule has 0 bridgehead atoms. The lowest BCUT2D eigenvalue weighted by Crippen LogP contribution is -2.36. The summed E-state index contributed by atoms with van der Waals surface area (Å²) in [6.45, 7) is 6.28. The monoisotopic (exact) mass is 264 g/mol. The number of nitrogens with two attached hydrogens (primary N) is 1. The number of aromatic nitrogens is 2. The lowest BCUT2D eigenvalue weighted by molar-refractivity contribution is -0.119. The summed E-state index contributed by atoms with van der Waals surface area (Å²) in [6, 6.07) is -0.0433. The van der Waals surface area contributed by atoms with Crippen molar-refractivity contribution in [1.82, 2.24) is 9.78 Å². The predicted octanol–water partition coefficient (Wildman–Crippen LogP) is 2.74. The number of nitrogens with zero attached hydrogens (tertiary/aromatic N) is 3. The molecule has 0 saturated heterocycles. The molecule has 0 amide bonds. The maximum Gasteiger partial charge on any atom is 0.405 e. The number of nitrogen functional groups attached to an aromatic ring is 1. The SMILES string of the molecule is CCN(CC(F)(F)F)c1c(N)c(C)nn1C(C)C. The number of aryl methyl sites for hydroxylation is 1. The van der Waals surface area contributed by atoms with Crippen molar-refractivity contribution in [3.05, 3.63) is 5.69 Å². The van der Waals surface area contributed by atoms with Crippen LogP contribution >= 0.6 is 0 Å². The van der Waals surface area contributed by atoms with Gasteiger partial charge >= 0.3 is 6.18 Å². The molecule has 1 aromatic heterocycles. The van der Waals surface area contributed by atoms with E-state index in [-0.39, 0.29) is 12.6 Å². The number of halogens is 3. The van der Waals surface area contributed by atoms with Gasteiger partial charge in [-0.1, -0.05) is 0 Å². The fourth-order valence-electron chi connectivity index (χ4n) is 1.78. The molecule has 0 aliphatic carbocycles. The van der Waals surface area contributed by atoms with Crippen LogP contribution in [0.25, 0.3) is 0 Å². The number of anilines is 2. The lowest BCUT2D eigenvalue weighted by atomic mass is 10.3. The van der Waals surface area contributed by atoms with Crippen LogP contribution in [0.3, 0.4) is 0 Å². The molecule has 1 aromatic rings. The number of rotatable bonds is 4. The van der Waals surface area contributed by atoms with Crippen LogP contribution in [-0.2, 0) is 0 Å². The molecule has 0 saturated carbocycles. The fourth-order valence-corrected chi connectivity index (χ4v) is 1.78. The van der Waals surface area contributed by atoms with E-state index in [0.717, 1.165) is 0 Å². The van der Waals surface area contributed by atoms with E-state index in [2.05, 4.69) is 5.10 Å². The molecule has 0 aliphatic rings. The Balaban J connectivity index is 3.20. The summed E-state index contributed by atoms with van der Waals surface area (Å²) in [5, 5.41) is 4.19. The van der Waals surface area contributed by atoms with Gasteiger partial charge in [0.25, 0.3) is 0 Å². The first-order valence-electron chi connectivity index (χ1n) is 5.83. The molecule has 18 heavy (non-hydrogen) atoms. The molecule has 104 valence electrons. The Labute approximate surface area is 105 Å². The molecule has 0 fully saturated rings. The van der Waals surface area contributed by atoms with Gasteiger partial charge in [0, 0.05) is 12.6 Å². The largest absolute Gasteiger partial charge is 0.405 e. The molecule has 0 spiro atoms. The highest BCUT2D eigenvalue weighted by Gasteiger charge is 2.33. The summed E-state index contributed by atoms with van der Waals surface area (Å²) in [5.74, 6) is 0.349. The minimum Gasteiger partial charge on any atom is -0.394 e. The zero-order valence-electron chi connectivity index (χ0n) is 11.0. The van der Waals surface area contributed by atoms with Crippen LogP contribution in [0, 0.1) is 6.92 Å². The van der Waals surface area contributed by atoms with Crippen molar-refractivity contribution in [3.63, 3.8) is 0 Å². The molecule has 0 aliphatic heterocycles. The Morgan fingerprint density at radius 3 is 2.33 bits per heavy atom. The normalized spacial score (nSPS) is 12.2. The molecular weight excluding hydrogens is 245 g/mol. The Morgan fingerprint density at radius 1 is 1.39 bits per heavy atom. The molecule has 4 nitrogen and oxygen atoms in total. The highest BCUT2D eigenvalue weighted by Crippen LogP contribution is 2.31. The van der Waals surface area contributed by atoms with Gasteiger partial charge in [0.1, 0.15) is 6.54 Å². The van der Waals surface area contributed by atoms with Gasteiger partial charge in [0.2, 0.25) is 0 Å². The summed E-state index contributed by atoms with van der Waals surface area (Å²) < 4.78 is 39.2. The third-order valence-electron chi connectivity index (χ3n) is 2.65. The second-order valence-electron chi connectivity index (χ2n) is 4.49. The molecule has 1 rings (SSSR count). The van der Waals surface area contributed by atoms with Gasteiger partial charge in [-0.25, -0.2) is 4.68 Å². The van der Waals surface area contributed by atoms with Gasteiger partial charge in [-0.3, -0.25) is 0 Å². The standard InChI is InChI=1S/C11H19F3N4/c1-5-17(6-11(12,13)14)10-9(15)8(4)16-18(10)7(2)3/h7H,5-6,15H2,1-4H3. The average molecular weight is 264 g/mol. The van der Waals surface area contributed by atoms with Gasteiger partial charge in [-0.15, -0.1) is 0 Å². The molecule has 1 heterocycles. The van der Waals surface area contributed by atoms with E-state index in [4.69, 9.17) is 5.73 Å². The van der Waals surface area contributed by atoms with Crippen molar-refractivity contribution < 1.29 is 13.2 Å². The highest BCUT2D eigenvalue weighted by molar-refractivity contribution is 5.66. The number of hydrogen-bond acceptors (Lipinski definition) is 3. The third kappa shape index (κ3) is 3.08.